The van der Waals surface area contributed by atoms with Crippen molar-refractivity contribution >= 4 is 5.97 Å². The molecule has 6 heteroatoms. The minimum atomic E-state index is -1.57. The smallest absolute Gasteiger partial charge is 0.337 e. The molecule has 2 rings (SSSR count). The van der Waals surface area contributed by atoms with Crippen molar-refractivity contribution in [3.05, 3.63) is 59.7 Å². The van der Waals surface area contributed by atoms with Gasteiger partial charge in [-0.1, -0.05) is 42.5 Å². The standard InChI is InChI=1S/C21H26O6/c1-3-26-21(24)19(23)17(22)13-12-16-10-7-11-18(25-2)20(16)27-14-15-8-5-4-6-9-15/h4-11,17,19,22-23H,3,12-14H2,1-2H3/t17-,19+/m1/s1. The zero-order valence-electron chi connectivity index (χ0n) is 15.6. The van der Waals surface area contributed by atoms with Crippen LogP contribution in [0.2, 0.25) is 0 Å². The molecule has 0 heterocycles. The van der Waals surface area contributed by atoms with Crippen LogP contribution in [0.1, 0.15) is 24.5 Å². The summed E-state index contributed by atoms with van der Waals surface area (Å²) in [6.45, 7) is 2.17. The van der Waals surface area contributed by atoms with Crippen LogP contribution in [-0.2, 0) is 22.6 Å². The average molecular weight is 374 g/mol. The molecule has 0 amide bonds. The fraction of sp³-hybridized carbons (Fsp3) is 0.381. The molecule has 0 fully saturated rings. The van der Waals surface area contributed by atoms with Gasteiger partial charge in [0.2, 0.25) is 0 Å². The van der Waals surface area contributed by atoms with Crippen LogP contribution in [0.25, 0.3) is 0 Å². The van der Waals surface area contributed by atoms with Gasteiger partial charge in [-0.2, -0.15) is 0 Å². The van der Waals surface area contributed by atoms with Crippen LogP contribution >= 0.6 is 0 Å². The number of esters is 1. The van der Waals surface area contributed by atoms with Crippen molar-refractivity contribution in [2.75, 3.05) is 13.7 Å². The van der Waals surface area contributed by atoms with Gasteiger partial charge in [0, 0.05) is 0 Å². The van der Waals surface area contributed by atoms with Crippen LogP contribution < -0.4 is 9.47 Å². The Morgan fingerprint density at radius 1 is 1.07 bits per heavy atom. The molecule has 0 aromatic heterocycles. The predicted octanol–water partition coefficient (Wildman–Crippen LogP) is 2.49. The first-order chi connectivity index (χ1) is 13.1. The van der Waals surface area contributed by atoms with Crippen LogP contribution in [0.15, 0.2) is 48.5 Å². The largest absolute Gasteiger partial charge is 0.493 e. The van der Waals surface area contributed by atoms with Crippen molar-refractivity contribution in [1.82, 2.24) is 0 Å². The van der Waals surface area contributed by atoms with Gasteiger partial charge in [-0.25, -0.2) is 4.79 Å². The van der Waals surface area contributed by atoms with E-state index in [1.54, 1.807) is 20.1 Å². The Hall–Kier alpha value is -2.57. The van der Waals surface area contributed by atoms with Crippen molar-refractivity contribution in [3.63, 3.8) is 0 Å². The van der Waals surface area contributed by atoms with Crippen LogP contribution in [0.4, 0.5) is 0 Å². The molecule has 0 aliphatic heterocycles. The molecule has 6 nitrogen and oxygen atoms in total. The van der Waals surface area contributed by atoms with Gasteiger partial charge >= 0.3 is 5.97 Å². The predicted molar refractivity (Wildman–Crippen MR) is 101 cm³/mol. The van der Waals surface area contributed by atoms with Crippen LogP contribution in [0.5, 0.6) is 11.5 Å². The topological polar surface area (TPSA) is 85.2 Å². The second-order valence-corrected chi connectivity index (χ2v) is 6.03. The summed E-state index contributed by atoms with van der Waals surface area (Å²) in [7, 11) is 1.56. The maximum atomic E-state index is 11.5. The Morgan fingerprint density at radius 3 is 2.48 bits per heavy atom. The van der Waals surface area contributed by atoms with Gasteiger partial charge in [-0.05, 0) is 37.0 Å². The maximum Gasteiger partial charge on any atom is 0.337 e. The number of carbonyl (C=O) groups is 1. The van der Waals surface area contributed by atoms with Gasteiger partial charge in [-0.15, -0.1) is 0 Å². The van der Waals surface area contributed by atoms with E-state index in [-0.39, 0.29) is 13.0 Å². The fourth-order valence-electron chi connectivity index (χ4n) is 2.66. The van der Waals surface area contributed by atoms with Gasteiger partial charge in [0.1, 0.15) is 6.61 Å². The molecule has 2 aromatic rings. The highest BCUT2D eigenvalue weighted by atomic mass is 16.5. The number of aryl methyl sites for hydroxylation is 1. The lowest BCUT2D eigenvalue weighted by Crippen LogP contribution is -2.35. The normalized spacial score (nSPS) is 12.9. The molecule has 146 valence electrons. The number of ether oxygens (including phenoxy) is 3. The third-order valence-electron chi connectivity index (χ3n) is 4.11. The first-order valence-electron chi connectivity index (χ1n) is 8.92. The highest BCUT2D eigenvalue weighted by Gasteiger charge is 2.25. The zero-order chi connectivity index (χ0) is 19.6. The number of benzene rings is 2. The van der Waals surface area contributed by atoms with E-state index >= 15 is 0 Å². The Kier molecular flexibility index (Phi) is 8.10. The number of rotatable bonds is 10. The molecular formula is C21H26O6. The maximum absolute atomic E-state index is 11.5. The number of carbonyl (C=O) groups excluding carboxylic acids is 1. The van der Waals surface area contributed by atoms with Gasteiger partial charge < -0.3 is 24.4 Å². The number of methoxy groups -OCH3 is 1. The van der Waals surface area contributed by atoms with Crippen molar-refractivity contribution in [2.24, 2.45) is 0 Å². The molecule has 0 bridgehead atoms. The number of aliphatic hydroxyl groups excluding tert-OH is 2. The molecule has 2 aromatic carbocycles. The SMILES string of the molecule is CCOC(=O)[C@@H](O)[C@H](O)CCc1cccc(OC)c1OCc1ccccc1. The summed E-state index contributed by atoms with van der Waals surface area (Å²) < 4.78 is 16.1. The molecule has 0 saturated heterocycles. The van der Waals surface area contributed by atoms with Crippen LogP contribution in [-0.4, -0.2) is 42.1 Å². The van der Waals surface area contributed by atoms with Gasteiger partial charge in [0.05, 0.1) is 19.8 Å². The first kappa shape index (κ1) is 20.7. The quantitative estimate of drug-likeness (QED) is 0.622. The van der Waals surface area contributed by atoms with Gasteiger partial charge in [-0.3, -0.25) is 0 Å². The van der Waals surface area contributed by atoms with Crippen molar-refractivity contribution in [2.45, 2.75) is 38.6 Å². The Morgan fingerprint density at radius 2 is 1.81 bits per heavy atom. The van der Waals surface area contributed by atoms with E-state index < -0.39 is 18.2 Å². The second kappa shape index (κ2) is 10.5. The van der Waals surface area contributed by atoms with E-state index in [0.29, 0.717) is 24.5 Å². The third kappa shape index (κ3) is 5.98. The van der Waals surface area contributed by atoms with Crippen LogP contribution in [0.3, 0.4) is 0 Å². The first-order valence-corrected chi connectivity index (χ1v) is 8.92. The van der Waals surface area contributed by atoms with Gasteiger partial charge in [0.15, 0.2) is 17.6 Å². The number of aliphatic hydroxyl groups is 2. The number of para-hydroxylation sites is 1. The third-order valence-corrected chi connectivity index (χ3v) is 4.11. The average Bonchev–Trinajstić information content (AvgIpc) is 2.70. The lowest BCUT2D eigenvalue weighted by Gasteiger charge is -2.18. The molecule has 2 N–H and O–H groups in total. The highest BCUT2D eigenvalue weighted by Crippen LogP contribution is 2.33. The molecule has 27 heavy (non-hydrogen) atoms. The van der Waals surface area contributed by atoms with Crippen LogP contribution in [0, 0.1) is 0 Å². The lowest BCUT2D eigenvalue weighted by molar-refractivity contribution is -0.159. The fourth-order valence-corrected chi connectivity index (χ4v) is 2.66. The van der Waals surface area contributed by atoms with E-state index in [1.807, 2.05) is 42.5 Å². The summed E-state index contributed by atoms with van der Waals surface area (Å²) >= 11 is 0. The summed E-state index contributed by atoms with van der Waals surface area (Å²) in [5.41, 5.74) is 1.84. The van der Waals surface area contributed by atoms with E-state index in [0.717, 1.165) is 11.1 Å². The molecule has 2 atom stereocenters. The van der Waals surface area contributed by atoms with E-state index in [4.69, 9.17) is 14.2 Å². The van der Waals surface area contributed by atoms with Crippen molar-refractivity contribution in [3.8, 4) is 11.5 Å². The Balaban J connectivity index is 2.06. The highest BCUT2D eigenvalue weighted by molar-refractivity contribution is 5.75. The lowest BCUT2D eigenvalue weighted by atomic mass is 10.0. The van der Waals surface area contributed by atoms with Crippen molar-refractivity contribution < 1.29 is 29.2 Å². The Bertz CT molecular complexity index is 716. The summed E-state index contributed by atoms with van der Waals surface area (Å²) in [5.74, 6) is 0.349. The molecule has 0 radical (unpaired) electrons. The monoisotopic (exact) mass is 374 g/mol. The molecule has 0 unspecified atom stereocenters. The van der Waals surface area contributed by atoms with E-state index in [1.165, 1.54) is 0 Å². The Labute approximate surface area is 159 Å². The summed E-state index contributed by atoms with van der Waals surface area (Å²) in [6.07, 6.45) is -2.21. The minimum absolute atomic E-state index is 0.149. The summed E-state index contributed by atoms with van der Waals surface area (Å²) in [4.78, 5) is 11.5. The molecule has 0 aliphatic rings. The zero-order valence-corrected chi connectivity index (χ0v) is 15.6. The number of hydrogen-bond acceptors (Lipinski definition) is 6. The van der Waals surface area contributed by atoms with E-state index in [2.05, 4.69) is 0 Å². The second-order valence-electron chi connectivity index (χ2n) is 6.03. The molecule has 0 aliphatic carbocycles. The number of hydrogen-bond donors (Lipinski definition) is 2. The minimum Gasteiger partial charge on any atom is -0.493 e. The molecular weight excluding hydrogens is 348 g/mol. The van der Waals surface area contributed by atoms with E-state index in [9.17, 15) is 15.0 Å². The summed E-state index contributed by atoms with van der Waals surface area (Å²) in [6, 6.07) is 15.2. The van der Waals surface area contributed by atoms with Gasteiger partial charge in [0.25, 0.3) is 0 Å². The van der Waals surface area contributed by atoms with Crippen molar-refractivity contribution in [1.29, 1.82) is 0 Å². The molecule has 0 spiro atoms. The summed E-state index contributed by atoms with van der Waals surface area (Å²) in [5, 5.41) is 19.9. The molecule has 0 saturated carbocycles.